The van der Waals surface area contributed by atoms with Crippen LogP contribution in [-0.2, 0) is 6.18 Å². The highest BCUT2D eigenvalue weighted by atomic mass is 35.5. The lowest BCUT2D eigenvalue weighted by atomic mass is 10.2. The predicted octanol–water partition coefficient (Wildman–Crippen LogP) is 3.84. The van der Waals surface area contributed by atoms with Crippen molar-refractivity contribution in [2.24, 2.45) is 0 Å². The Labute approximate surface area is 158 Å². The first-order valence-corrected chi connectivity index (χ1v) is 7.84. The zero-order valence-corrected chi connectivity index (χ0v) is 14.3. The smallest absolute Gasteiger partial charge is 0.431 e. The second-order valence-electron chi connectivity index (χ2n) is 5.46. The van der Waals surface area contributed by atoms with Crippen molar-refractivity contribution in [1.82, 2.24) is 9.55 Å². The number of phenols is 1. The van der Waals surface area contributed by atoms with Gasteiger partial charge in [-0.3, -0.25) is 4.79 Å². The number of aromatic hydroxyl groups is 1. The van der Waals surface area contributed by atoms with E-state index in [1.165, 1.54) is 29.2 Å². The number of para-hydroxylation sites is 2. The molecule has 1 heterocycles. The fourth-order valence-corrected chi connectivity index (χ4v) is 2.49. The summed E-state index contributed by atoms with van der Waals surface area (Å²) in [5.41, 5.74) is -5.17. The van der Waals surface area contributed by atoms with Crippen LogP contribution in [0.4, 0.5) is 17.6 Å². The summed E-state index contributed by atoms with van der Waals surface area (Å²) in [4.78, 5) is 25.5. The zero-order valence-electron chi connectivity index (χ0n) is 13.6. The molecule has 0 atom stereocenters. The Morgan fingerprint density at radius 3 is 2.36 bits per heavy atom. The van der Waals surface area contributed by atoms with Crippen molar-refractivity contribution >= 4 is 11.6 Å². The fourth-order valence-electron chi connectivity index (χ4n) is 2.31. The number of halogens is 5. The molecule has 0 saturated heterocycles. The Bertz CT molecular complexity index is 1140. The molecule has 28 heavy (non-hydrogen) atoms. The largest absolute Gasteiger partial charge is 0.504 e. The maximum absolute atomic E-state index is 14.3. The number of H-pyrrole nitrogens is 1. The van der Waals surface area contributed by atoms with E-state index in [1.54, 1.807) is 0 Å². The van der Waals surface area contributed by atoms with Gasteiger partial charge in [0.15, 0.2) is 11.5 Å². The molecule has 0 unspecified atom stereocenters. The topological polar surface area (TPSA) is 84.3 Å². The number of aromatic amines is 1. The lowest BCUT2D eigenvalue weighted by Gasteiger charge is -2.13. The predicted molar refractivity (Wildman–Crippen MR) is 90.8 cm³/mol. The third-order valence-electron chi connectivity index (χ3n) is 3.57. The van der Waals surface area contributed by atoms with Crippen molar-refractivity contribution in [3.8, 4) is 22.9 Å². The SMILES string of the molecule is O=c1cc(C(F)(F)F)[nH]c(=O)n1-c1cc(Oc2ccccc2O)c(Cl)cc1F. The molecule has 0 radical (unpaired) electrons. The minimum Gasteiger partial charge on any atom is -0.504 e. The van der Waals surface area contributed by atoms with E-state index in [9.17, 15) is 32.3 Å². The van der Waals surface area contributed by atoms with Gasteiger partial charge in [-0.15, -0.1) is 0 Å². The zero-order chi connectivity index (χ0) is 20.6. The molecule has 2 N–H and O–H groups in total. The molecule has 146 valence electrons. The van der Waals surface area contributed by atoms with Gasteiger partial charge in [0.2, 0.25) is 0 Å². The van der Waals surface area contributed by atoms with Gasteiger partial charge in [0.25, 0.3) is 5.56 Å². The van der Waals surface area contributed by atoms with Crippen LogP contribution in [0, 0.1) is 5.82 Å². The number of hydrogen-bond donors (Lipinski definition) is 2. The molecular formula is C17H9ClF4N2O4. The van der Waals surface area contributed by atoms with Crippen LogP contribution in [-0.4, -0.2) is 14.7 Å². The van der Waals surface area contributed by atoms with Gasteiger partial charge in [-0.1, -0.05) is 23.7 Å². The Balaban J connectivity index is 2.15. The van der Waals surface area contributed by atoms with Gasteiger partial charge in [0.05, 0.1) is 10.7 Å². The average molecular weight is 417 g/mol. The van der Waals surface area contributed by atoms with Crippen LogP contribution in [0.1, 0.15) is 5.69 Å². The van der Waals surface area contributed by atoms with Gasteiger partial charge in [-0.2, -0.15) is 13.2 Å². The summed E-state index contributed by atoms with van der Waals surface area (Å²) in [5, 5.41) is 9.48. The van der Waals surface area contributed by atoms with E-state index in [2.05, 4.69) is 0 Å². The summed E-state index contributed by atoms with van der Waals surface area (Å²) in [6, 6.07) is 7.41. The Morgan fingerprint density at radius 2 is 1.75 bits per heavy atom. The summed E-state index contributed by atoms with van der Waals surface area (Å²) < 4.78 is 57.9. The standard InChI is InChI=1S/C17H9ClF4N2O4/c18-8-5-9(19)10(6-13(8)28-12-4-2-1-3-11(12)25)24-15(26)7-14(17(20,21)22)23-16(24)27/h1-7,25H,(H,23,27). The minimum atomic E-state index is -4.96. The highest BCUT2D eigenvalue weighted by Crippen LogP contribution is 2.36. The number of ether oxygens (including phenoxy) is 1. The Kier molecular flexibility index (Phi) is 4.90. The van der Waals surface area contributed by atoms with Gasteiger partial charge in [0.1, 0.15) is 17.3 Å². The van der Waals surface area contributed by atoms with Gasteiger partial charge in [0, 0.05) is 12.1 Å². The second kappa shape index (κ2) is 7.04. The van der Waals surface area contributed by atoms with E-state index in [1.807, 2.05) is 0 Å². The maximum Gasteiger partial charge on any atom is 0.431 e. The Morgan fingerprint density at radius 1 is 1.07 bits per heavy atom. The van der Waals surface area contributed by atoms with E-state index in [4.69, 9.17) is 16.3 Å². The van der Waals surface area contributed by atoms with Crippen LogP contribution in [0.2, 0.25) is 5.02 Å². The quantitative estimate of drug-likeness (QED) is 0.635. The van der Waals surface area contributed by atoms with Crippen molar-refractivity contribution in [1.29, 1.82) is 0 Å². The number of aromatic nitrogens is 2. The van der Waals surface area contributed by atoms with Crippen molar-refractivity contribution in [3.63, 3.8) is 0 Å². The number of alkyl halides is 3. The van der Waals surface area contributed by atoms with Crippen molar-refractivity contribution in [2.75, 3.05) is 0 Å². The highest BCUT2D eigenvalue weighted by Gasteiger charge is 2.33. The van der Waals surface area contributed by atoms with Gasteiger partial charge in [-0.05, 0) is 18.2 Å². The van der Waals surface area contributed by atoms with E-state index in [0.29, 0.717) is 0 Å². The van der Waals surface area contributed by atoms with Crippen LogP contribution in [0.15, 0.2) is 52.1 Å². The first-order chi connectivity index (χ1) is 13.1. The molecule has 0 aliphatic rings. The van der Waals surface area contributed by atoms with E-state index in [0.717, 1.165) is 12.1 Å². The van der Waals surface area contributed by atoms with Gasteiger partial charge in [-0.25, -0.2) is 13.8 Å². The molecule has 6 nitrogen and oxygen atoms in total. The summed E-state index contributed by atoms with van der Waals surface area (Å²) in [6.45, 7) is 0. The third kappa shape index (κ3) is 3.72. The molecule has 11 heteroatoms. The molecule has 1 aromatic heterocycles. The molecule has 0 fully saturated rings. The minimum absolute atomic E-state index is 0.0596. The first-order valence-electron chi connectivity index (χ1n) is 7.47. The number of hydrogen-bond acceptors (Lipinski definition) is 4. The van der Waals surface area contributed by atoms with Crippen molar-refractivity contribution in [3.05, 3.63) is 79.8 Å². The molecule has 2 aromatic carbocycles. The molecule has 0 aliphatic heterocycles. The number of phenolic OH excluding ortho intramolecular Hbond substituents is 1. The molecule has 3 aromatic rings. The van der Waals surface area contributed by atoms with Crippen LogP contribution in [0.25, 0.3) is 5.69 Å². The summed E-state index contributed by atoms with van der Waals surface area (Å²) in [7, 11) is 0. The lowest BCUT2D eigenvalue weighted by molar-refractivity contribution is -0.141. The number of benzene rings is 2. The fraction of sp³-hybridized carbons (Fsp3) is 0.0588. The average Bonchev–Trinajstić information content (AvgIpc) is 2.59. The molecule has 0 spiro atoms. The van der Waals surface area contributed by atoms with E-state index >= 15 is 0 Å². The van der Waals surface area contributed by atoms with Crippen LogP contribution in [0.5, 0.6) is 17.2 Å². The Hall–Kier alpha value is -3.27. The van der Waals surface area contributed by atoms with Crippen molar-refractivity contribution in [2.45, 2.75) is 6.18 Å². The molecule has 3 rings (SSSR count). The van der Waals surface area contributed by atoms with Crippen LogP contribution in [0.3, 0.4) is 0 Å². The first kappa shape index (κ1) is 19.5. The van der Waals surface area contributed by atoms with Crippen LogP contribution >= 0.6 is 11.6 Å². The maximum atomic E-state index is 14.3. The van der Waals surface area contributed by atoms with Crippen molar-refractivity contribution < 1.29 is 27.4 Å². The monoisotopic (exact) mass is 416 g/mol. The molecule has 0 amide bonds. The van der Waals surface area contributed by atoms with Gasteiger partial charge < -0.3 is 14.8 Å². The molecule has 0 bridgehead atoms. The summed E-state index contributed by atoms with van der Waals surface area (Å²) in [6.07, 6.45) is -4.96. The van der Waals surface area contributed by atoms with E-state index in [-0.39, 0.29) is 32.9 Å². The second-order valence-corrected chi connectivity index (χ2v) is 5.87. The number of nitrogens with one attached hydrogen (secondary N) is 1. The van der Waals surface area contributed by atoms with Gasteiger partial charge >= 0.3 is 11.9 Å². The summed E-state index contributed by atoms with van der Waals surface area (Å²) in [5.74, 6) is -1.72. The molecule has 0 saturated carbocycles. The van der Waals surface area contributed by atoms with Crippen LogP contribution < -0.4 is 16.0 Å². The lowest BCUT2D eigenvalue weighted by Crippen LogP contribution is -2.36. The summed E-state index contributed by atoms with van der Waals surface area (Å²) >= 11 is 5.89. The number of nitrogens with zero attached hydrogens (tertiary/aromatic N) is 1. The normalized spacial score (nSPS) is 11.5. The highest BCUT2D eigenvalue weighted by molar-refractivity contribution is 6.32. The number of rotatable bonds is 3. The molecular weight excluding hydrogens is 408 g/mol. The van der Waals surface area contributed by atoms with E-state index < -0.39 is 34.6 Å². The third-order valence-corrected chi connectivity index (χ3v) is 3.86. The molecule has 0 aliphatic carbocycles.